The molecule has 138 valence electrons. The molecular formula is C20H19ClN4O2. The SMILES string of the molecule is COc1cc(Cl)c(C)cc1NC(=O)c1cc(NCc2cccnc2)ccn1. The maximum absolute atomic E-state index is 12.6. The predicted octanol–water partition coefficient (Wildman–Crippen LogP) is 4.31. The Labute approximate surface area is 162 Å². The molecule has 1 amide bonds. The number of amides is 1. The Kier molecular flexibility index (Phi) is 5.88. The van der Waals surface area contributed by atoms with Gasteiger partial charge in [-0.1, -0.05) is 17.7 Å². The van der Waals surface area contributed by atoms with Crippen LogP contribution in [-0.4, -0.2) is 23.0 Å². The number of nitrogens with one attached hydrogen (secondary N) is 2. The highest BCUT2D eigenvalue weighted by atomic mass is 35.5. The average Bonchev–Trinajstić information content (AvgIpc) is 2.70. The van der Waals surface area contributed by atoms with Crippen molar-refractivity contribution in [2.75, 3.05) is 17.7 Å². The number of nitrogens with zero attached hydrogens (tertiary/aromatic N) is 2. The lowest BCUT2D eigenvalue weighted by molar-refractivity contribution is 0.102. The van der Waals surface area contributed by atoms with E-state index in [1.54, 1.807) is 42.9 Å². The fourth-order valence-electron chi connectivity index (χ4n) is 2.49. The van der Waals surface area contributed by atoms with Gasteiger partial charge in [0.1, 0.15) is 11.4 Å². The molecule has 6 nitrogen and oxygen atoms in total. The van der Waals surface area contributed by atoms with Gasteiger partial charge in [0.15, 0.2) is 0 Å². The van der Waals surface area contributed by atoms with Crippen LogP contribution in [0, 0.1) is 6.92 Å². The second kappa shape index (κ2) is 8.51. The molecule has 3 aromatic rings. The number of methoxy groups -OCH3 is 1. The first-order chi connectivity index (χ1) is 13.1. The summed E-state index contributed by atoms with van der Waals surface area (Å²) >= 11 is 6.11. The van der Waals surface area contributed by atoms with Crippen LogP contribution in [-0.2, 0) is 6.54 Å². The second-order valence-corrected chi connectivity index (χ2v) is 6.31. The molecule has 0 unspecified atom stereocenters. The van der Waals surface area contributed by atoms with E-state index in [1.807, 2.05) is 19.1 Å². The van der Waals surface area contributed by atoms with Crippen LogP contribution in [0.1, 0.15) is 21.6 Å². The van der Waals surface area contributed by atoms with E-state index in [9.17, 15) is 4.79 Å². The van der Waals surface area contributed by atoms with E-state index in [1.165, 1.54) is 7.11 Å². The zero-order valence-electron chi connectivity index (χ0n) is 15.0. The molecule has 0 saturated carbocycles. The lowest BCUT2D eigenvalue weighted by Gasteiger charge is -2.12. The maximum atomic E-state index is 12.6. The quantitative estimate of drug-likeness (QED) is 0.664. The molecule has 1 aromatic carbocycles. The van der Waals surface area contributed by atoms with Crippen molar-refractivity contribution in [1.82, 2.24) is 9.97 Å². The van der Waals surface area contributed by atoms with E-state index in [4.69, 9.17) is 16.3 Å². The molecule has 0 atom stereocenters. The van der Waals surface area contributed by atoms with E-state index in [2.05, 4.69) is 20.6 Å². The van der Waals surface area contributed by atoms with Crippen LogP contribution in [0.5, 0.6) is 5.75 Å². The molecule has 0 spiro atoms. The summed E-state index contributed by atoms with van der Waals surface area (Å²) < 4.78 is 5.29. The number of aromatic nitrogens is 2. The highest BCUT2D eigenvalue weighted by Crippen LogP contribution is 2.31. The lowest BCUT2D eigenvalue weighted by atomic mass is 10.2. The fourth-order valence-corrected chi connectivity index (χ4v) is 2.64. The van der Waals surface area contributed by atoms with Gasteiger partial charge in [0, 0.05) is 41.9 Å². The first kappa shape index (κ1) is 18.7. The number of carbonyl (C=O) groups is 1. The van der Waals surface area contributed by atoms with Gasteiger partial charge in [-0.25, -0.2) is 0 Å². The average molecular weight is 383 g/mol. The molecule has 0 saturated heterocycles. The standard InChI is InChI=1S/C20H19ClN4O2/c1-13-8-17(19(27-2)10-16(13)21)25-20(26)18-9-15(5-7-23-18)24-12-14-4-3-6-22-11-14/h3-11H,12H2,1-2H3,(H,23,24)(H,25,26). The van der Waals surface area contributed by atoms with Crippen molar-refractivity contribution < 1.29 is 9.53 Å². The molecule has 0 radical (unpaired) electrons. The van der Waals surface area contributed by atoms with E-state index in [-0.39, 0.29) is 5.91 Å². The summed E-state index contributed by atoms with van der Waals surface area (Å²) in [5.41, 5.74) is 3.51. The zero-order valence-corrected chi connectivity index (χ0v) is 15.7. The Morgan fingerprint density at radius 1 is 1.22 bits per heavy atom. The molecule has 7 heteroatoms. The molecule has 2 N–H and O–H groups in total. The number of rotatable bonds is 6. The van der Waals surface area contributed by atoms with Gasteiger partial charge in [0.2, 0.25) is 0 Å². The number of hydrogen-bond acceptors (Lipinski definition) is 5. The highest BCUT2D eigenvalue weighted by molar-refractivity contribution is 6.31. The van der Waals surface area contributed by atoms with Gasteiger partial charge in [-0.2, -0.15) is 0 Å². The van der Waals surface area contributed by atoms with Crippen molar-refractivity contribution >= 4 is 28.9 Å². The first-order valence-electron chi connectivity index (χ1n) is 8.31. The van der Waals surface area contributed by atoms with Crippen molar-refractivity contribution in [2.24, 2.45) is 0 Å². The summed E-state index contributed by atoms with van der Waals surface area (Å²) in [5, 5.41) is 6.65. The second-order valence-electron chi connectivity index (χ2n) is 5.90. The Bertz CT molecular complexity index is 948. The third-order valence-electron chi connectivity index (χ3n) is 3.94. The number of benzene rings is 1. The van der Waals surface area contributed by atoms with Crippen LogP contribution in [0.25, 0.3) is 0 Å². The zero-order chi connectivity index (χ0) is 19.2. The molecule has 2 aromatic heterocycles. The number of halogens is 1. The summed E-state index contributed by atoms with van der Waals surface area (Å²) in [6.07, 6.45) is 5.10. The number of aryl methyl sites for hydroxylation is 1. The van der Waals surface area contributed by atoms with E-state index < -0.39 is 0 Å². The van der Waals surface area contributed by atoms with Crippen molar-refractivity contribution in [2.45, 2.75) is 13.5 Å². The molecular weight excluding hydrogens is 364 g/mol. The van der Waals surface area contributed by atoms with Crippen molar-refractivity contribution in [3.05, 3.63) is 76.8 Å². The van der Waals surface area contributed by atoms with Crippen LogP contribution in [0.4, 0.5) is 11.4 Å². The number of carbonyl (C=O) groups excluding carboxylic acids is 1. The maximum Gasteiger partial charge on any atom is 0.274 e. The van der Waals surface area contributed by atoms with Crippen molar-refractivity contribution in [3.63, 3.8) is 0 Å². The van der Waals surface area contributed by atoms with E-state index in [0.717, 1.165) is 16.8 Å². The predicted molar refractivity (Wildman–Crippen MR) is 106 cm³/mol. The summed E-state index contributed by atoms with van der Waals surface area (Å²) in [4.78, 5) is 20.8. The molecule has 0 bridgehead atoms. The first-order valence-corrected chi connectivity index (χ1v) is 8.69. The van der Waals surface area contributed by atoms with Crippen LogP contribution in [0.3, 0.4) is 0 Å². The molecule has 0 fully saturated rings. The largest absolute Gasteiger partial charge is 0.495 e. The van der Waals surface area contributed by atoms with Gasteiger partial charge in [0.05, 0.1) is 12.8 Å². The molecule has 27 heavy (non-hydrogen) atoms. The Balaban J connectivity index is 1.73. The summed E-state index contributed by atoms with van der Waals surface area (Å²) in [5.74, 6) is 0.157. The lowest BCUT2D eigenvalue weighted by Crippen LogP contribution is -2.15. The molecule has 0 aliphatic heterocycles. The van der Waals surface area contributed by atoms with Crippen LogP contribution in [0.2, 0.25) is 5.02 Å². The van der Waals surface area contributed by atoms with Crippen molar-refractivity contribution in [3.8, 4) is 5.75 Å². The minimum absolute atomic E-state index is 0.292. The van der Waals surface area contributed by atoms with Crippen molar-refractivity contribution in [1.29, 1.82) is 0 Å². The van der Waals surface area contributed by atoms with Gasteiger partial charge in [-0.15, -0.1) is 0 Å². The van der Waals surface area contributed by atoms with E-state index >= 15 is 0 Å². The minimum atomic E-state index is -0.333. The summed E-state index contributed by atoms with van der Waals surface area (Å²) in [6, 6.07) is 10.8. The third-order valence-corrected chi connectivity index (χ3v) is 4.35. The Hall–Kier alpha value is -3.12. The van der Waals surface area contributed by atoms with Gasteiger partial charge in [0.25, 0.3) is 5.91 Å². The smallest absolute Gasteiger partial charge is 0.274 e. The van der Waals surface area contributed by atoms with Crippen LogP contribution < -0.4 is 15.4 Å². The van der Waals surface area contributed by atoms with Gasteiger partial charge < -0.3 is 15.4 Å². The minimum Gasteiger partial charge on any atom is -0.495 e. The Morgan fingerprint density at radius 2 is 2.07 bits per heavy atom. The van der Waals surface area contributed by atoms with Crippen LogP contribution >= 0.6 is 11.6 Å². The summed E-state index contributed by atoms with van der Waals surface area (Å²) in [6.45, 7) is 2.46. The van der Waals surface area contributed by atoms with Crippen LogP contribution in [0.15, 0.2) is 55.0 Å². The number of hydrogen-bond donors (Lipinski definition) is 2. The monoisotopic (exact) mass is 382 g/mol. The number of anilines is 2. The Morgan fingerprint density at radius 3 is 2.81 bits per heavy atom. The molecule has 3 rings (SSSR count). The molecule has 2 heterocycles. The molecule has 0 aliphatic rings. The van der Waals surface area contributed by atoms with E-state index in [0.29, 0.717) is 28.7 Å². The van der Waals surface area contributed by atoms with Gasteiger partial charge in [-0.3, -0.25) is 14.8 Å². The normalized spacial score (nSPS) is 10.3. The highest BCUT2D eigenvalue weighted by Gasteiger charge is 2.13. The molecule has 0 aliphatic carbocycles. The topological polar surface area (TPSA) is 76.1 Å². The number of ether oxygens (including phenoxy) is 1. The third kappa shape index (κ3) is 4.74. The van der Waals surface area contributed by atoms with Gasteiger partial charge >= 0.3 is 0 Å². The summed E-state index contributed by atoms with van der Waals surface area (Å²) in [7, 11) is 1.53. The number of pyridine rings is 2. The fraction of sp³-hybridized carbons (Fsp3) is 0.150. The van der Waals surface area contributed by atoms with Gasteiger partial charge in [-0.05, 0) is 42.3 Å².